The smallest absolute Gasteiger partial charge is 0.224 e. The summed E-state index contributed by atoms with van der Waals surface area (Å²) in [6.45, 7) is 4.82. The highest BCUT2D eigenvalue weighted by atomic mass is 32.1. The minimum absolute atomic E-state index is 0.164. The van der Waals surface area contributed by atoms with Gasteiger partial charge >= 0.3 is 0 Å². The van der Waals surface area contributed by atoms with Crippen LogP contribution in [0, 0.1) is 0 Å². The Bertz CT molecular complexity index is 416. The van der Waals surface area contributed by atoms with Crippen LogP contribution in [0.15, 0.2) is 17.5 Å². The van der Waals surface area contributed by atoms with Gasteiger partial charge in [0, 0.05) is 13.5 Å². The molecule has 0 N–H and O–H groups in total. The Balaban J connectivity index is 1.88. The Hall–Kier alpha value is -0.830. The van der Waals surface area contributed by atoms with Crippen LogP contribution in [0.2, 0.25) is 0 Å². The number of amides is 1. The average Bonchev–Trinajstić information content (AvgIpc) is 3.12. The lowest BCUT2D eigenvalue weighted by Crippen LogP contribution is -2.28. The van der Waals surface area contributed by atoms with Crippen LogP contribution in [0.1, 0.15) is 104 Å². The molecule has 0 aliphatic heterocycles. The van der Waals surface area contributed by atoms with Crippen molar-refractivity contribution in [2.75, 3.05) is 11.4 Å². The molecular weight excluding hydrogens is 326 g/mol. The molecule has 0 saturated heterocycles. The van der Waals surface area contributed by atoms with E-state index in [4.69, 9.17) is 0 Å². The van der Waals surface area contributed by atoms with Gasteiger partial charge < -0.3 is 4.90 Å². The first-order valence-electron chi connectivity index (χ1n) is 10.6. The number of anilines is 1. The van der Waals surface area contributed by atoms with E-state index in [1.165, 1.54) is 83.5 Å². The number of nitrogens with zero attached hydrogens (tertiary/aromatic N) is 1. The van der Waals surface area contributed by atoms with E-state index in [0.717, 1.165) is 18.0 Å². The topological polar surface area (TPSA) is 20.3 Å². The summed E-state index contributed by atoms with van der Waals surface area (Å²) in [6.07, 6.45) is 19.2. The van der Waals surface area contributed by atoms with Crippen LogP contribution < -0.4 is 4.90 Å². The van der Waals surface area contributed by atoms with Crippen molar-refractivity contribution < 1.29 is 4.79 Å². The van der Waals surface area contributed by atoms with Crippen molar-refractivity contribution in [1.29, 1.82) is 0 Å². The van der Waals surface area contributed by atoms with E-state index in [-0.39, 0.29) is 5.91 Å². The highest BCUT2D eigenvalue weighted by molar-refractivity contribution is 7.14. The summed E-state index contributed by atoms with van der Waals surface area (Å²) in [4.78, 5) is 13.7. The molecule has 0 unspecified atom stereocenters. The first-order chi connectivity index (χ1) is 12.3. The second-order valence-corrected chi connectivity index (χ2v) is 8.14. The van der Waals surface area contributed by atoms with Gasteiger partial charge in [0.15, 0.2) is 0 Å². The average molecular weight is 366 g/mol. The van der Waals surface area contributed by atoms with Gasteiger partial charge in [-0.2, -0.15) is 0 Å². The zero-order valence-electron chi connectivity index (χ0n) is 16.6. The fourth-order valence-electron chi connectivity index (χ4n) is 3.31. The molecule has 0 saturated carbocycles. The van der Waals surface area contributed by atoms with Gasteiger partial charge in [0.1, 0.15) is 0 Å². The molecule has 0 spiro atoms. The van der Waals surface area contributed by atoms with Crippen LogP contribution in [0.3, 0.4) is 0 Å². The van der Waals surface area contributed by atoms with E-state index in [1.54, 1.807) is 18.3 Å². The SMILES string of the molecule is CCCCCCCCCCCCCCCCN(C(C)=O)c1cccs1. The summed E-state index contributed by atoms with van der Waals surface area (Å²) >= 11 is 1.65. The Kier molecular flexibility index (Phi) is 13.7. The van der Waals surface area contributed by atoms with Crippen LogP contribution in [-0.2, 0) is 4.79 Å². The first-order valence-corrected chi connectivity index (χ1v) is 11.4. The van der Waals surface area contributed by atoms with Gasteiger partial charge in [0.25, 0.3) is 0 Å². The summed E-state index contributed by atoms with van der Waals surface area (Å²) in [7, 11) is 0. The Morgan fingerprint density at radius 1 is 0.840 bits per heavy atom. The normalized spacial score (nSPS) is 11.0. The number of rotatable bonds is 16. The van der Waals surface area contributed by atoms with Crippen molar-refractivity contribution in [2.45, 2.75) is 104 Å². The van der Waals surface area contributed by atoms with Gasteiger partial charge in [0.2, 0.25) is 5.91 Å². The van der Waals surface area contributed by atoms with Gasteiger partial charge in [-0.25, -0.2) is 0 Å². The third-order valence-electron chi connectivity index (χ3n) is 4.89. The molecule has 1 amide bonds. The molecule has 3 heteroatoms. The quantitative estimate of drug-likeness (QED) is 0.276. The fraction of sp³-hybridized carbons (Fsp3) is 0.773. The molecule has 0 aliphatic rings. The number of carbonyl (C=O) groups is 1. The number of hydrogen-bond acceptors (Lipinski definition) is 2. The maximum absolute atomic E-state index is 11.7. The van der Waals surface area contributed by atoms with E-state index in [2.05, 4.69) is 6.92 Å². The zero-order valence-corrected chi connectivity index (χ0v) is 17.4. The molecule has 1 heterocycles. The molecule has 0 fully saturated rings. The van der Waals surface area contributed by atoms with Crippen molar-refractivity contribution in [3.8, 4) is 0 Å². The second kappa shape index (κ2) is 15.4. The lowest BCUT2D eigenvalue weighted by Gasteiger charge is -2.18. The predicted molar refractivity (Wildman–Crippen MR) is 113 cm³/mol. The standard InChI is InChI=1S/C22H39NOS/c1-3-4-5-6-7-8-9-10-11-12-13-14-15-16-19-23(21(2)24)22-18-17-20-25-22/h17-18,20H,3-16,19H2,1-2H3. The van der Waals surface area contributed by atoms with Crippen molar-refractivity contribution in [2.24, 2.45) is 0 Å². The lowest BCUT2D eigenvalue weighted by atomic mass is 10.0. The summed E-state index contributed by atoms with van der Waals surface area (Å²) in [6, 6.07) is 4.05. The molecule has 0 bridgehead atoms. The van der Waals surface area contributed by atoms with Gasteiger partial charge in [-0.05, 0) is 23.9 Å². The molecule has 0 atom stereocenters. The molecule has 0 radical (unpaired) electrons. The van der Waals surface area contributed by atoms with Crippen molar-refractivity contribution in [3.63, 3.8) is 0 Å². The molecule has 1 aromatic rings. The van der Waals surface area contributed by atoms with Crippen LogP contribution in [-0.4, -0.2) is 12.5 Å². The Labute approximate surface area is 160 Å². The third-order valence-corrected chi connectivity index (χ3v) is 5.78. The van der Waals surface area contributed by atoms with Crippen molar-refractivity contribution in [3.05, 3.63) is 17.5 Å². The zero-order chi connectivity index (χ0) is 18.2. The Morgan fingerprint density at radius 3 is 1.72 bits per heavy atom. The monoisotopic (exact) mass is 365 g/mol. The maximum Gasteiger partial charge on any atom is 0.224 e. The highest BCUT2D eigenvalue weighted by Crippen LogP contribution is 2.22. The summed E-state index contributed by atoms with van der Waals surface area (Å²) in [5.74, 6) is 0.164. The third kappa shape index (κ3) is 11.4. The predicted octanol–water partition coefficient (Wildman–Crippen LogP) is 7.58. The van der Waals surface area contributed by atoms with Crippen molar-refractivity contribution in [1.82, 2.24) is 0 Å². The van der Waals surface area contributed by atoms with E-state index >= 15 is 0 Å². The summed E-state index contributed by atoms with van der Waals surface area (Å²) < 4.78 is 0. The van der Waals surface area contributed by atoms with E-state index in [9.17, 15) is 4.79 Å². The number of carbonyl (C=O) groups excluding carboxylic acids is 1. The minimum atomic E-state index is 0.164. The molecule has 1 rings (SSSR count). The maximum atomic E-state index is 11.7. The number of hydrogen-bond donors (Lipinski definition) is 0. The summed E-state index contributed by atoms with van der Waals surface area (Å²) in [5, 5.41) is 3.12. The highest BCUT2D eigenvalue weighted by Gasteiger charge is 2.11. The first kappa shape index (κ1) is 22.2. The molecule has 1 aromatic heterocycles. The lowest BCUT2D eigenvalue weighted by molar-refractivity contribution is -0.116. The van der Waals surface area contributed by atoms with Gasteiger partial charge in [-0.1, -0.05) is 90.4 Å². The van der Waals surface area contributed by atoms with E-state index in [1.807, 2.05) is 22.4 Å². The molecule has 25 heavy (non-hydrogen) atoms. The molecule has 0 aromatic carbocycles. The van der Waals surface area contributed by atoms with E-state index in [0.29, 0.717) is 0 Å². The van der Waals surface area contributed by atoms with Gasteiger partial charge in [0.05, 0.1) is 5.00 Å². The van der Waals surface area contributed by atoms with Crippen LogP contribution in [0.4, 0.5) is 5.00 Å². The second-order valence-electron chi connectivity index (χ2n) is 7.22. The Morgan fingerprint density at radius 2 is 1.32 bits per heavy atom. The minimum Gasteiger partial charge on any atom is -0.304 e. The fourth-order valence-corrected chi connectivity index (χ4v) is 4.11. The van der Waals surface area contributed by atoms with E-state index < -0.39 is 0 Å². The van der Waals surface area contributed by atoms with Crippen LogP contribution in [0.5, 0.6) is 0 Å². The molecule has 2 nitrogen and oxygen atoms in total. The van der Waals surface area contributed by atoms with Gasteiger partial charge in [-0.15, -0.1) is 11.3 Å². The van der Waals surface area contributed by atoms with Gasteiger partial charge in [-0.3, -0.25) is 4.79 Å². The largest absolute Gasteiger partial charge is 0.304 e. The number of thiophene rings is 1. The summed E-state index contributed by atoms with van der Waals surface area (Å²) in [5.41, 5.74) is 0. The molecule has 144 valence electrons. The molecular formula is C22H39NOS. The molecule has 0 aliphatic carbocycles. The van der Waals surface area contributed by atoms with Crippen LogP contribution in [0.25, 0.3) is 0 Å². The van der Waals surface area contributed by atoms with Crippen molar-refractivity contribution >= 4 is 22.2 Å². The van der Waals surface area contributed by atoms with Crippen LogP contribution >= 0.6 is 11.3 Å². The number of unbranched alkanes of at least 4 members (excludes halogenated alkanes) is 13.